The van der Waals surface area contributed by atoms with Gasteiger partial charge in [-0.25, -0.2) is 0 Å². The van der Waals surface area contributed by atoms with Crippen molar-refractivity contribution in [1.29, 1.82) is 0 Å². The molecule has 1 aliphatic rings. The zero-order chi connectivity index (χ0) is 12.3. The van der Waals surface area contributed by atoms with Gasteiger partial charge in [-0.15, -0.1) is 0 Å². The molecule has 0 aromatic heterocycles. The Balaban J connectivity index is 2.00. The minimum atomic E-state index is -0.348. The van der Waals surface area contributed by atoms with Crippen molar-refractivity contribution in [1.82, 2.24) is 0 Å². The Labute approximate surface area is 99.9 Å². The molecule has 0 bridgehead atoms. The number of ether oxygens (including phenoxy) is 1. The molecule has 92 valence electrons. The number of nitro benzene ring substituents is 1. The lowest BCUT2D eigenvalue weighted by Crippen LogP contribution is -2.14. The van der Waals surface area contributed by atoms with Crippen LogP contribution >= 0.6 is 0 Å². The third-order valence-electron chi connectivity index (χ3n) is 3.02. The molecular weight excluding hydrogens is 220 g/mol. The molecule has 17 heavy (non-hydrogen) atoms. The molecule has 0 spiro atoms. The van der Waals surface area contributed by atoms with E-state index >= 15 is 0 Å². The summed E-state index contributed by atoms with van der Waals surface area (Å²) in [5.41, 5.74) is 1.65. The topological polar surface area (TPSA) is 64.4 Å². The first-order chi connectivity index (χ1) is 8.16. The van der Waals surface area contributed by atoms with Gasteiger partial charge in [-0.3, -0.25) is 10.1 Å². The zero-order valence-corrected chi connectivity index (χ0v) is 9.81. The summed E-state index contributed by atoms with van der Waals surface area (Å²) in [6.45, 7) is 4.15. The lowest BCUT2D eigenvalue weighted by Gasteiger charge is -2.10. The molecular formula is C12H16N2O3. The van der Waals surface area contributed by atoms with Crippen LogP contribution < -0.4 is 5.32 Å². The predicted octanol–water partition coefficient (Wildman–Crippen LogP) is 2.35. The largest absolute Gasteiger partial charge is 0.384 e. The van der Waals surface area contributed by atoms with Gasteiger partial charge in [0, 0.05) is 36.4 Å². The van der Waals surface area contributed by atoms with E-state index in [1.165, 1.54) is 0 Å². The molecule has 1 aliphatic heterocycles. The van der Waals surface area contributed by atoms with Crippen molar-refractivity contribution in [3.8, 4) is 0 Å². The van der Waals surface area contributed by atoms with Crippen molar-refractivity contribution in [3.05, 3.63) is 33.9 Å². The third kappa shape index (κ3) is 2.94. The molecule has 1 N–H and O–H groups in total. The highest BCUT2D eigenvalue weighted by atomic mass is 16.6. The molecule has 2 rings (SSSR count). The Morgan fingerprint density at radius 1 is 1.59 bits per heavy atom. The van der Waals surface area contributed by atoms with Gasteiger partial charge in [0.05, 0.1) is 11.5 Å². The average Bonchev–Trinajstić information content (AvgIpc) is 2.80. The predicted molar refractivity (Wildman–Crippen MR) is 65.2 cm³/mol. The van der Waals surface area contributed by atoms with Crippen LogP contribution in [0.2, 0.25) is 0 Å². The summed E-state index contributed by atoms with van der Waals surface area (Å²) in [4.78, 5) is 10.4. The summed E-state index contributed by atoms with van der Waals surface area (Å²) in [7, 11) is 0. The molecule has 1 fully saturated rings. The second-order valence-electron chi connectivity index (χ2n) is 4.37. The molecule has 0 saturated carbocycles. The van der Waals surface area contributed by atoms with E-state index in [1.807, 2.05) is 6.07 Å². The molecule has 1 atom stereocenters. The van der Waals surface area contributed by atoms with Crippen LogP contribution in [0.5, 0.6) is 0 Å². The minimum absolute atomic E-state index is 0.165. The highest BCUT2D eigenvalue weighted by Crippen LogP contribution is 2.23. The number of hydrogen-bond donors (Lipinski definition) is 1. The monoisotopic (exact) mass is 236 g/mol. The number of nitrogens with zero attached hydrogens (tertiary/aromatic N) is 1. The van der Waals surface area contributed by atoms with E-state index in [4.69, 9.17) is 4.74 Å². The normalized spacial score (nSPS) is 19.2. The van der Waals surface area contributed by atoms with Crippen LogP contribution in [0.25, 0.3) is 0 Å². The van der Waals surface area contributed by atoms with Gasteiger partial charge in [-0.2, -0.15) is 0 Å². The van der Waals surface area contributed by atoms with Crippen LogP contribution in [-0.2, 0) is 4.74 Å². The summed E-state index contributed by atoms with van der Waals surface area (Å²) in [6, 6.07) is 5.23. The Hall–Kier alpha value is -1.62. The van der Waals surface area contributed by atoms with E-state index < -0.39 is 0 Å². The van der Waals surface area contributed by atoms with E-state index in [0.717, 1.165) is 31.9 Å². The van der Waals surface area contributed by atoms with E-state index in [-0.39, 0.29) is 10.6 Å². The number of nitro groups is 1. The summed E-state index contributed by atoms with van der Waals surface area (Å²) >= 11 is 0. The van der Waals surface area contributed by atoms with Crippen molar-refractivity contribution in [3.63, 3.8) is 0 Å². The van der Waals surface area contributed by atoms with Crippen molar-refractivity contribution in [2.24, 2.45) is 5.92 Å². The molecule has 5 heteroatoms. The van der Waals surface area contributed by atoms with Gasteiger partial charge in [0.25, 0.3) is 5.69 Å². The lowest BCUT2D eigenvalue weighted by molar-refractivity contribution is -0.385. The summed E-state index contributed by atoms with van der Waals surface area (Å²) in [6.07, 6.45) is 1.06. The number of anilines is 1. The highest BCUT2D eigenvalue weighted by molar-refractivity contribution is 5.54. The quantitative estimate of drug-likeness (QED) is 0.643. The van der Waals surface area contributed by atoms with Gasteiger partial charge in [0.1, 0.15) is 0 Å². The number of benzene rings is 1. The average molecular weight is 236 g/mol. The van der Waals surface area contributed by atoms with Crippen LogP contribution in [0.3, 0.4) is 0 Å². The second kappa shape index (κ2) is 5.14. The first kappa shape index (κ1) is 11.9. The molecule has 1 unspecified atom stereocenters. The fraction of sp³-hybridized carbons (Fsp3) is 0.500. The molecule has 1 aromatic rings. The Morgan fingerprint density at radius 2 is 2.41 bits per heavy atom. The molecule has 1 aromatic carbocycles. The molecule has 1 saturated heterocycles. The molecule has 1 heterocycles. The smallest absolute Gasteiger partial charge is 0.274 e. The van der Waals surface area contributed by atoms with Crippen molar-refractivity contribution in [2.75, 3.05) is 25.1 Å². The summed E-state index contributed by atoms with van der Waals surface area (Å²) < 4.78 is 5.28. The van der Waals surface area contributed by atoms with Crippen molar-refractivity contribution < 1.29 is 9.66 Å². The molecule has 0 amide bonds. The number of rotatable bonds is 4. The maximum Gasteiger partial charge on any atom is 0.274 e. The van der Waals surface area contributed by atoms with Crippen LogP contribution in [0.1, 0.15) is 12.0 Å². The van der Waals surface area contributed by atoms with Gasteiger partial charge < -0.3 is 10.1 Å². The third-order valence-corrected chi connectivity index (χ3v) is 3.02. The highest BCUT2D eigenvalue weighted by Gasteiger charge is 2.16. The molecule has 5 nitrogen and oxygen atoms in total. The van der Waals surface area contributed by atoms with E-state index in [1.54, 1.807) is 19.1 Å². The van der Waals surface area contributed by atoms with Crippen LogP contribution in [0, 0.1) is 23.0 Å². The van der Waals surface area contributed by atoms with Gasteiger partial charge >= 0.3 is 0 Å². The van der Waals surface area contributed by atoms with Gasteiger partial charge in [0.15, 0.2) is 0 Å². The van der Waals surface area contributed by atoms with Crippen LogP contribution in [-0.4, -0.2) is 24.7 Å². The minimum Gasteiger partial charge on any atom is -0.384 e. The lowest BCUT2D eigenvalue weighted by atomic mass is 10.1. The Kier molecular flexibility index (Phi) is 3.58. The maximum absolute atomic E-state index is 10.8. The first-order valence-electron chi connectivity index (χ1n) is 5.73. The standard InChI is InChI=1S/C12H16N2O3/c1-9-2-3-11(6-12(9)14(15)16)13-7-10-4-5-17-8-10/h2-3,6,10,13H,4-5,7-8H2,1H3. The van der Waals surface area contributed by atoms with Gasteiger partial charge in [0.2, 0.25) is 0 Å². The number of aryl methyl sites for hydroxylation is 1. The van der Waals surface area contributed by atoms with Gasteiger partial charge in [-0.05, 0) is 19.4 Å². The van der Waals surface area contributed by atoms with E-state index in [0.29, 0.717) is 11.5 Å². The number of nitrogens with one attached hydrogen (secondary N) is 1. The van der Waals surface area contributed by atoms with Crippen molar-refractivity contribution >= 4 is 11.4 Å². The fourth-order valence-electron chi connectivity index (χ4n) is 1.92. The fourth-order valence-corrected chi connectivity index (χ4v) is 1.92. The van der Waals surface area contributed by atoms with E-state index in [9.17, 15) is 10.1 Å². The summed E-state index contributed by atoms with van der Waals surface area (Å²) in [5, 5.41) is 14.0. The maximum atomic E-state index is 10.8. The van der Waals surface area contributed by atoms with Gasteiger partial charge in [-0.1, -0.05) is 6.07 Å². The first-order valence-corrected chi connectivity index (χ1v) is 5.73. The Bertz CT molecular complexity index is 414. The Morgan fingerprint density at radius 3 is 3.06 bits per heavy atom. The van der Waals surface area contributed by atoms with Crippen LogP contribution in [0.4, 0.5) is 11.4 Å². The summed E-state index contributed by atoms with van der Waals surface area (Å²) in [5.74, 6) is 0.510. The van der Waals surface area contributed by atoms with Crippen molar-refractivity contribution in [2.45, 2.75) is 13.3 Å². The second-order valence-corrected chi connectivity index (χ2v) is 4.37. The number of hydrogen-bond acceptors (Lipinski definition) is 4. The molecule has 0 aliphatic carbocycles. The molecule has 0 radical (unpaired) electrons. The van der Waals surface area contributed by atoms with Crippen LogP contribution in [0.15, 0.2) is 18.2 Å². The van der Waals surface area contributed by atoms with E-state index in [2.05, 4.69) is 5.32 Å². The zero-order valence-electron chi connectivity index (χ0n) is 9.81. The SMILES string of the molecule is Cc1ccc(NCC2CCOC2)cc1[N+](=O)[O-].